The standard InChI is InChI=1S/C8H4N2O/c9-5-6-1-2-8-7(10-6)3-4-11-8/h1-4H. The van der Waals surface area contributed by atoms with Crippen molar-refractivity contribution < 1.29 is 4.42 Å². The fraction of sp³-hybridized carbons (Fsp3) is 0. The second-order valence-electron chi connectivity index (χ2n) is 2.11. The molecule has 0 spiro atoms. The third-order valence-electron chi connectivity index (χ3n) is 1.42. The van der Waals surface area contributed by atoms with Crippen LogP contribution in [0.2, 0.25) is 0 Å². The van der Waals surface area contributed by atoms with Crippen LogP contribution in [0.3, 0.4) is 0 Å². The highest BCUT2D eigenvalue weighted by molar-refractivity contribution is 5.72. The van der Waals surface area contributed by atoms with Crippen LogP contribution >= 0.6 is 0 Å². The van der Waals surface area contributed by atoms with Gasteiger partial charge in [0.2, 0.25) is 0 Å². The van der Waals surface area contributed by atoms with Gasteiger partial charge in [0.1, 0.15) is 17.3 Å². The zero-order valence-electron chi connectivity index (χ0n) is 5.61. The van der Waals surface area contributed by atoms with E-state index in [1.165, 1.54) is 0 Å². The molecule has 0 atom stereocenters. The highest BCUT2D eigenvalue weighted by Crippen LogP contribution is 2.12. The van der Waals surface area contributed by atoms with Crippen molar-refractivity contribution in [3.63, 3.8) is 0 Å². The molecule has 0 aliphatic heterocycles. The van der Waals surface area contributed by atoms with Crippen molar-refractivity contribution in [1.29, 1.82) is 5.26 Å². The molecule has 11 heavy (non-hydrogen) atoms. The topological polar surface area (TPSA) is 49.8 Å². The van der Waals surface area contributed by atoms with E-state index in [1.54, 1.807) is 24.5 Å². The first-order valence-electron chi connectivity index (χ1n) is 3.14. The number of nitriles is 1. The van der Waals surface area contributed by atoms with Gasteiger partial charge in [0.15, 0.2) is 5.58 Å². The summed E-state index contributed by atoms with van der Waals surface area (Å²) >= 11 is 0. The van der Waals surface area contributed by atoms with E-state index in [0.717, 1.165) is 5.52 Å². The minimum absolute atomic E-state index is 0.416. The molecule has 3 nitrogen and oxygen atoms in total. The summed E-state index contributed by atoms with van der Waals surface area (Å²) in [7, 11) is 0. The van der Waals surface area contributed by atoms with Crippen molar-refractivity contribution in [2.45, 2.75) is 0 Å². The molecule has 2 heterocycles. The third-order valence-corrected chi connectivity index (χ3v) is 1.42. The van der Waals surface area contributed by atoms with Crippen molar-refractivity contribution in [3.8, 4) is 6.07 Å². The summed E-state index contributed by atoms with van der Waals surface area (Å²) in [5.41, 5.74) is 1.85. The second kappa shape index (κ2) is 2.10. The number of hydrogen-bond donors (Lipinski definition) is 0. The van der Waals surface area contributed by atoms with Gasteiger partial charge < -0.3 is 4.42 Å². The van der Waals surface area contributed by atoms with Gasteiger partial charge in [-0.2, -0.15) is 5.26 Å². The number of rotatable bonds is 0. The fourth-order valence-corrected chi connectivity index (χ4v) is 0.915. The van der Waals surface area contributed by atoms with Crippen LogP contribution in [0.25, 0.3) is 11.1 Å². The van der Waals surface area contributed by atoms with E-state index in [4.69, 9.17) is 9.68 Å². The number of furan rings is 1. The summed E-state index contributed by atoms with van der Waals surface area (Å²) in [4.78, 5) is 4.00. The van der Waals surface area contributed by atoms with Gasteiger partial charge in [-0.05, 0) is 12.1 Å². The Morgan fingerprint density at radius 2 is 2.27 bits per heavy atom. The molecule has 0 saturated carbocycles. The first-order valence-corrected chi connectivity index (χ1v) is 3.14. The van der Waals surface area contributed by atoms with Crippen LogP contribution in [0.5, 0.6) is 0 Å². The van der Waals surface area contributed by atoms with Crippen LogP contribution in [-0.4, -0.2) is 4.98 Å². The van der Waals surface area contributed by atoms with Crippen molar-refractivity contribution in [2.24, 2.45) is 0 Å². The Bertz CT molecular complexity index is 425. The van der Waals surface area contributed by atoms with E-state index >= 15 is 0 Å². The van der Waals surface area contributed by atoms with Crippen molar-refractivity contribution in [1.82, 2.24) is 4.98 Å². The quantitative estimate of drug-likeness (QED) is 0.565. The maximum absolute atomic E-state index is 8.49. The Morgan fingerprint density at radius 1 is 1.36 bits per heavy atom. The predicted octanol–water partition coefficient (Wildman–Crippen LogP) is 1.70. The second-order valence-corrected chi connectivity index (χ2v) is 2.11. The Hall–Kier alpha value is -1.82. The average molecular weight is 144 g/mol. The summed E-state index contributed by atoms with van der Waals surface area (Å²) < 4.78 is 5.05. The van der Waals surface area contributed by atoms with Crippen LogP contribution in [-0.2, 0) is 0 Å². The largest absolute Gasteiger partial charge is 0.463 e. The fourth-order valence-electron chi connectivity index (χ4n) is 0.915. The molecule has 0 aromatic carbocycles. The maximum Gasteiger partial charge on any atom is 0.152 e. The minimum atomic E-state index is 0.416. The van der Waals surface area contributed by atoms with E-state index in [9.17, 15) is 0 Å². The van der Waals surface area contributed by atoms with Gasteiger partial charge >= 0.3 is 0 Å². The van der Waals surface area contributed by atoms with E-state index in [1.807, 2.05) is 6.07 Å². The molecule has 0 aliphatic rings. The average Bonchev–Trinajstić information content (AvgIpc) is 2.50. The van der Waals surface area contributed by atoms with Gasteiger partial charge in [0.05, 0.1) is 6.26 Å². The molecule has 0 radical (unpaired) electrons. The molecule has 2 aromatic heterocycles. The summed E-state index contributed by atoms with van der Waals surface area (Å²) in [6.07, 6.45) is 1.55. The predicted molar refractivity (Wildman–Crippen MR) is 38.7 cm³/mol. The van der Waals surface area contributed by atoms with Crippen LogP contribution in [0.4, 0.5) is 0 Å². The lowest BCUT2D eigenvalue weighted by Gasteiger charge is -1.86. The first kappa shape index (κ1) is 5.93. The van der Waals surface area contributed by atoms with E-state index in [2.05, 4.69) is 4.98 Å². The lowest BCUT2D eigenvalue weighted by atomic mass is 10.3. The van der Waals surface area contributed by atoms with Crippen LogP contribution in [0.15, 0.2) is 28.9 Å². The smallest absolute Gasteiger partial charge is 0.152 e. The van der Waals surface area contributed by atoms with Gasteiger partial charge in [-0.15, -0.1) is 0 Å². The molecule has 0 bridgehead atoms. The Morgan fingerprint density at radius 3 is 3.09 bits per heavy atom. The van der Waals surface area contributed by atoms with Crippen molar-refractivity contribution >= 4 is 11.1 Å². The Balaban J connectivity index is 2.79. The monoisotopic (exact) mass is 144 g/mol. The summed E-state index contributed by atoms with van der Waals surface area (Å²) in [5, 5.41) is 8.49. The van der Waals surface area contributed by atoms with E-state index in [-0.39, 0.29) is 0 Å². The Kier molecular flexibility index (Phi) is 1.13. The molecule has 0 aliphatic carbocycles. The lowest BCUT2D eigenvalue weighted by molar-refractivity contribution is 0.615. The number of nitrogens with zero attached hydrogens (tertiary/aromatic N) is 2. The normalized spacial score (nSPS) is 9.73. The highest BCUT2D eigenvalue weighted by atomic mass is 16.3. The maximum atomic E-state index is 8.49. The van der Waals surface area contributed by atoms with Gasteiger partial charge in [-0.3, -0.25) is 0 Å². The van der Waals surface area contributed by atoms with Gasteiger partial charge in [-0.1, -0.05) is 0 Å². The van der Waals surface area contributed by atoms with E-state index in [0.29, 0.717) is 11.3 Å². The highest BCUT2D eigenvalue weighted by Gasteiger charge is 1.97. The molecule has 3 heteroatoms. The number of aromatic nitrogens is 1. The van der Waals surface area contributed by atoms with Gasteiger partial charge in [-0.25, -0.2) is 4.98 Å². The van der Waals surface area contributed by atoms with Crippen LogP contribution < -0.4 is 0 Å². The Labute approximate surface area is 62.9 Å². The number of fused-ring (bicyclic) bond motifs is 1. The minimum Gasteiger partial charge on any atom is -0.463 e. The summed E-state index contributed by atoms with van der Waals surface area (Å²) in [6.45, 7) is 0. The molecule has 0 N–H and O–H groups in total. The molecule has 0 unspecified atom stereocenters. The molecular formula is C8H4N2O. The first-order chi connectivity index (χ1) is 5.40. The zero-order valence-corrected chi connectivity index (χ0v) is 5.61. The van der Waals surface area contributed by atoms with Crippen molar-refractivity contribution in [3.05, 3.63) is 30.2 Å². The molecule has 0 fully saturated rings. The number of pyridine rings is 1. The molecule has 2 rings (SSSR count). The van der Waals surface area contributed by atoms with E-state index < -0.39 is 0 Å². The molecule has 52 valence electrons. The van der Waals surface area contributed by atoms with Crippen molar-refractivity contribution in [2.75, 3.05) is 0 Å². The number of hydrogen-bond acceptors (Lipinski definition) is 3. The molecule has 0 amide bonds. The zero-order chi connectivity index (χ0) is 7.68. The lowest BCUT2D eigenvalue weighted by Crippen LogP contribution is -1.79. The summed E-state index contributed by atoms with van der Waals surface area (Å²) in [6, 6.07) is 7.06. The van der Waals surface area contributed by atoms with Crippen LogP contribution in [0.1, 0.15) is 5.69 Å². The molecule has 0 saturated heterocycles. The molecular weight excluding hydrogens is 140 g/mol. The SMILES string of the molecule is N#Cc1ccc2occc2n1. The van der Waals surface area contributed by atoms with Gasteiger partial charge in [0, 0.05) is 6.07 Å². The van der Waals surface area contributed by atoms with Gasteiger partial charge in [0.25, 0.3) is 0 Å². The third kappa shape index (κ3) is 0.849. The molecule has 2 aromatic rings. The van der Waals surface area contributed by atoms with Crippen LogP contribution in [0, 0.1) is 11.3 Å². The summed E-state index contributed by atoms with van der Waals surface area (Å²) in [5.74, 6) is 0.